The van der Waals surface area contributed by atoms with E-state index in [2.05, 4.69) is 16.0 Å². The Balaban J connectivity index is 1.50. The van der Waals surface area contributed by atoms with Gasteiger partial charge in [-0.1, -0.05) is 0 Å². The van der Waals surface area contributed by atoms with Crippen molar-refractivity contribution < 1.29 is 23.5 Å². The molecule has 2 amide bonds. The van der Waals surface area contributed by atoms with Crippen LogP contribution in [0.15, 0.2) is 48.5 Å². The molecule has 2 heterocycles. The number of hydrogen-bond donors (Lipinski definition) is 2. The quantitative estimate of drug-likeness (QED) is 0.417. The van der Waals surface area contributed by atoms with Crippen LogP contribution in [0.2, 0.25) is 0 Å². The van der Waals surface area contributed by atoms with Gasteiger partial charge >= 0.3 is 0 Å². The van der Waals surface area contributed by atoms with Gasteiger partial charge in [-0.2, -0.15) is 5.10 Å². The maximum atomic E-state index is 13.3. The minimum absolute atomic E-state index is 0.301. The van der Waals surface area contributed by atoms with Gasteiger partial charge in [0.2, 0.25) is 0 Å². The largest absolute Gasteiger partial charge is 0.493 e. The third-order valence-electron chi connectivity index (χ3n) is 4.85. The molecule has 170 valence electrons. The number of aromatic nitrogens is 2. The number of halogens is 1. The number of hydrogen-bond acceptors (Lipinski definition) is 6. The van der Waals surface area contributed by atoms with Gasteiger partial charge in [0.25, 0.3) is 11.8 Å². The second-order valence-corrected chi connectivity index (χ2v) is 8.04. The highest BCUT2D eigenvalue weighted by Gasteiger charge is 2.18. The molecule has 0 bridgehead atoms. The van der Waals surface area contributed by atoms with Crippen LogP contribution in [0.3, 0.4) is 0 Å². The molecule has 0 fully saturated rings. The first-order chi connectivity index (χ1) is 15.9. The molecule has 8 nitrogen and oxygen atoms in total. The van der Waals surface area contributed by atoms with Gasteiger partial charge in [0.05, 0.1) is 30.0 Å². The first kappa shape index (κ1) is 22.3. The number of rotatable bonds is 6. The van der Waals surface area contributed by atoms with Crippen molar-refractivity contribution in [1.29, 1.82) is 0 Å². The molecule has 33 heavy (non-hydrogen) atoms. The molecular weight excluding hydrogens is 447 g/mol. The standard InChI is InChI=1S/C23H21FN4O4S/c1-4-32-18-10-5-14(11-19(18)31-3)21(29)25-26-22(30)20-12-17-13(2)27-28(23(17)33-20)16-8-6-15(24)7-9-16/h5-12H,4H2,1-3H3,(H,25,29)(H,26,30). The molecule has 4 aromatic rings. The van der Waals surface area contributed by atoms with E-state index >= 15 is 0 Å². The fourth-order valence-electron chi connectivity index (χ4n) is 3.25. The van der Waals surface area contributed by atoms with Gasteiger partial charge in [-0.3, -0.25) is 20.4 Å². The van der Waals surface area contributed by atoms with Crippen molar-refractivity contribution in [3.8, 4) is 17.2 Å². The summed E-state index contributed by atoms with van der Waals surface area (Å²) in [6.45, 7) is 4.14. The molecule has 0 radical (unpaired) electrons. The molecule has 2 aromatic carbocycles. The van der Waals surface area contributed by atoms with E-state index in [4.69, 9.17) is 9.47 Å². The summed E-state index contributed by atoms with van der Waals surface area (Å²) in [5.74, 6) is -0.365. The zero-order valence-corrected chi connectivity index (χ0v) is 19.0. The summed E-state index contributed by atoms with van der Waals surface area (Å²) < 4.78 is 25.6. The summed E-state index contributed by atoms with van der Waals surface area (Å²) in [5, 5.41) is 5.28. The minimum atomic E-state index is -0.500. The maximum absolute atomic E-state index is 13.3. The average molecular weight is 469 g/mol. The Kier molecular flexibility index (Phi) is 6.27. The maximum Gasteiger partial charge on any atom is 0.279 e. The Hall–Kier alpha value is -3.92. The van der Waals surface area contributed by atoms with Crippen LogP contribution < -0.4 is 20.3 Å². The number of amides is 2. The summed E-state index contributed by atoms with van der Waals surface area (Å²) in [6.07, 6.45) is 0. The number of benzene rings is 2. The van der Waals surface area contributed by atoms with Crippen molar-refractivity contribution in [2.24, 2.45) is 0 Å². The molecule has 2 aromatic heterocycles. The van der Waals surface area contributed by atoms with E-state index in [0.29, 0.717) is 34.2 Å². The van der Waals surface area contributed by atoms with E-state index in [1.165, 1.54) is 36.6 Å². The molecule has 4 rings (SSSR count). The van der Waals surface area contributed by atoms with Crippen LogP contribution in [0.25, 0.3) is 15.9 Å². The molecule has 0 aliphatic heterocycles. The van der Waals surface area contributed by atoms with Crippen molar-refractivity contribution in [3.05, 3.63) is 70.5 Å². The molecular formula is C23H21FN4O4S. The van der Waals surface area contributed by atoms with Crippen LogP contribution >= 0.6 is 11.3 Å². The van der Waals surface area contributed by atoms with E-state index in [1.54, 1.807) is 35.0 Å². The molecule has 0 saturated carbocycles. The zero-order valence-electron chi connectivity index (χ0n) is 18.1. The Bertz CT molecular complexity index is 1330. The lowest BCUT2D eigenvalue weighted by molar-refractivity contribution is 0.0848. The summed E-state index contributed by atoms with van der Waals surface area (Å²) in [4.78, 5) is 26.3. The Labute approximate surface area is 192 Å². The topological polar surface area (TPSA) is 94.5 Å². The molecule has 0 unspecified atom stereocenters. The van der Waals surface area contributed by atoms with E-state index in [0.717, 1.165) is 15.9 Å². The third-order valence-corrected chi connectivity index (χ3v) is 5.96. The Morgan fingerprint density at radius 1 is 1.06 bits per heavy atom. The molecule has 0 aliphatic carbocycles. The number of aryl methyl sites for hydroxylation is 1. The van der Waals surface area contributed by atoms with Crippen molar-refractivity contribution in [2.45, 2.75) is 13.8 Å². The van der Waals surface area contributed by atoms with Gasteiger partial charge in [-0.25, -0.2) is 9.07 Å². The lowest BCUT2D eigenvalue weighted by atomic mass is 10.2. The van der Waals surface area contributed by atoms with Gasteiger partial charge in [-0.05, 0) is 62.4 Å². The predicted molar refractivity (Wildman–Crippen MR) is 123 cm³/mol. The Morgan fingerprint density at radius 3 is 2.48 bits per heavy atom. The Morgan fingerprint density at radius 2 is 1.79 bits per heavy atom. The van der Waals surface area contributed by atoms with Gasteiger partial charge < -0.3 is 9.47 Å². The average Bonchev–Trinajstić information content (AvgIpc) is 3.39. The number of nitrogens with zero attached hydrogens (tertiary/aromatic N) is 2. The SMILES string of the molecule is CCOc1ccc(C(=O)NNC(=O)c2cc3c(C)nn(-c4ccc(F)cc4)c3s2)cc1OC. The number of carbonyl (C=O) groups excluding carboxylic acids is 2. The number of carbonyl (C=O) groups is 2. The molecule has 0 atom stereocenters. The highest BCUT2D eigenvalue weighted by molar-refractivity contribution is 7.20. The highest BCUT2D eigenvalue weighted by Crippen LogP contribution is 2.30. The van der Waals surface area contributed by atoms with Crippen LogP contribution in [0, 0.1) is 12.7 Å². The molecule has 2 N–H and O–H groups in total. The van der Waals surface area contributed by atoms with Crippen LogP contribution in [0.1, 0.15) is 32.6 Å². The van der Waals surface area contributed by atoms with Crippen molar-refractivity contribution >= 4 is 33.4 Å². The fraction of sp³-hybridized carbons (Fsp3) is 0.174. The monoisotopic (exact) mass is 468 g/mol. The minimum Gasteiger partial charge on any atom is -0.493 e. The molecule has 10 heteroatoms. The normalized spacial score (nSPS) is 10.8. The number of hydrazine groups is 1. The van der Waals surface area contributed by atoms with E-state index in [1.807, 2.05) is 13.8 Å². The van der Waals surface area contributed by atoms with Crippen LogP contribution in [0.4, 0.5) is 4.39 Å². The summed E-state index contributed by atoms with van der Waals surface area (Å²) in [7, 11) is 1.48. The second kappa shape index (κ2) is 9.29. The zero-order chi connectivity index (χ0) is 23.5. The molecule has 0 saturated heterocycles. The molecule has 0 aliphatic rings. The first-order valence-corrected chi connectivity index (χ1v) is 10.9. The lowest BCUT2D eigenvalue weighted by Crippen LogP contribution is -2.41. The fourth-order valence-corrected chi connectivity index (χ4v) is 4.33. The highest BCUT2D eigenvalue weighted by atomic mass is 32.1. The number of fused-ring (bicyclic) bond motifs is 1. The van der Waals surface area contributed by atoms with E-state index in [-0.39, 0.29) is 5.82 Å². The third kappa shape index (κ3) is 4.51. The first-order valence-electron chi connectivity index (χ1n) is 10.1. The smallest absolute Gasteiger partial charge is 0.279 e. The molecule has 0 spiro atoms. The van der Waals surface area contributed by atoms with Crippen LogP contribution in [-0.4, -0.2) is 35.3 Å². The van der Waals surface area contributed by atoms with E-state index in [9.17, 15) is 14.0 Å². The summed E-state index contributed by atoms with van der Waals surface area (Å²) in [6, 6.07) is 12.4. The summed E-state index contributed by atoms with van der Waals surface area (Å²) in [5.41, 5.74) is 6.56. The van der Waals surface area contributed by atoms with E-state index < -0.39 is 11.8 Å². The van der Waals surface area contributed by atoms with Crippen molar-refractivity contribution in [3.63, 3.8) is 0 Å². The second-order valence-electron chi connectivity index (χ2n) is 7.01. The lowest BCUT2D eigenvalue weighted by Gasteiger charge is -2.11. The van der Waals surface area contributed by atoms with Gasteiger partial charge in [0.15, 0.2) is 11.5 Å². The van der Waals surface area contributed by atoms with Gasteiger partial charge in [0, 0.05) is 10.9 Å². The van der Waals surface area contributed by atoms with Crippen molar-refractivity contribution in [1.82, 2.24) is 20.6 Å². The van der Waals surface area contributed by atoms with Crippen LogP contribution in [0.5, 0.6) is 11.5 Å². The number of thiophene rings is 1. The van der Waals surface area contributed by atoms with Gasteiger partial charge in [0.1, 0.15) is 10.6 Å². The van der Waals surface area contributed by atoms with Crippen LogP contribution in [-0.2, 0) is 0 Å². The summed E-state index contributed by atoms with van der Waals surface area (Å²) >= 11 is 1.22. The number of methoxy groups -OCH3 is 1. The number of ether oxygens (including phenoxy) is 2. The predicted octanol–water partition coefficient (Wildman–Crippen LogP) is 4.02. The van der Waals surface area contributed by atoms with Crippen molar-refractivity contribution in [2.75, 3.05) is 13.7 Å². The van der Waals surface area contributed by atoms with Gasteiger partial charge in [-0.15, -0.1) is 11.3 Å². The number of nitrogens with one attached hydrogen (secondary N) is 2.